The molecule has 27 heavy (non-hydrogen) atoms. The Bertz CT molecular complexity index is 965. The van der Waals surface area contributed by atoms with Crippen LogP contribution in [0.1, 0.15) is 33.4 Å². The Balaban J connectivity index is 1.87. The maximum atomic E-state index is 12.5. The number of hydrogen-bond acceptors (Lipinski definition) is 3. The fourth-order valence-corrected chi connectivity index (χ4v) is 2.73. The average Bonchev–Trinajstić information content (AvgIpc) is 2.97. The van der Waals surface area contributed by atoms with E-state index < -0.39 is 0 Å². The van der Waals surface area contributed by atoms with Crippen LogP contribution in [0.25, 0.3) is 11.0 Å². The number of para-hydroxylation sites is 2. The van der Waals surface area contributed by atoms with Gasteiger partial charge < -0.3 is 4.57 Å². The zero-order valence-electron chi connectivity index (χ0n) is 16.4. The molecule has 3 aromatic rings. The van der Waals surface area contributed by atoms with E-state index in [4.69, 9.17) is 0 Å². The molecule has 0 spiro atoms. The van der Waals surface area contributed by atoms with Crippen molar-refractivity contribution in [2.45, 2.75) is 40.7 Å². The monoisotopic (exact) mass is 362 g/mol. The van der Waals surface area contributed by atoms with Gasteiger partial charge in [0.2, 0.25) is 5.95 Å². The standard InChI is InChI=1S/C22H26N4O/c1-16(22(2,3)4)15-20(27)25-21-24-18-10-5-6-11-19(18)26(21)14-12-17-9-7-8-13-23-17/h5-11,13,15H,12,14H2,1-4H3,(H,24,25,27)/b16-15+. The second kappa shape index (κ2) is 7.74. The number of nitrogens with zero attached hydrogens (tertiary/aromatic N) is 3. The van der Waals surface area contributed by atoms with Crippen molar-refractivity contribution in [1.29, 1.82) is 0 Å². The SMILES string of the molecule is C/C(=C\C(=O)Nc1nc2ccccc2n1CCc1ccccn1)C(C)(C)C. The molecule has 0 unspecified atom stereocenters. The average molecular weight is 362 g/mol. The highest BCUT2D eigenvalue weighted by Gasteiger charge is 2.16. The molecule has 3 rings (SSSR count). The van der Waals surface area contributed by atoms with E-state index in [1.54, 1.807) is 12.3 Å². The van der Waals surface area contributed by atoms with Gasteiger partial charge in [-0.2, -0.15) is 0 Å². The summed E-state index contributed by atoms with van der Waals surface area (Å²) in [7, 11) is 0. The van der Waals surface area contributed by atoms with Crippen molar-refractivity contribution in [3.63, 3.8) is 0 Å². The van der Waals surface area contributed by atoms with Crippen molar-refractivity contribution in [3.8, 4) is 0 Å². The Hall–Kier alpha value is -2.95. The number of pyridine rings is 1. The lowest BCUT2D eigenvalue weighted by molar-refractivity contribution is -0.112. The topological polar surface area (TPSA) is 59.8 Å². The molecule has 1 aromatic carbocycles. The zero-order valence-corrected chi connectivity index (χ0v) is 16.4. The summed E-state index contributed by atoms with van der Waals surface area (Å²) in [5, 5.41) is 2.96. The van der Waals surface area contributed by atoms with E-state index in [2.05, 4.69) is 36.1 Å². The Labute approximate surface area is 160 Å². The zero-order chi connectivity index (χ0) is 19.4. The molecule has 0 fully saturated rings. The summed E-state index contributed by atoms with van der Waals surface area (Å²) < 4.78 is 2.04. The normalized spacial score (nSPS) is 12.4. The molecule has 0 atom stereocenters. The van der Waals surface area contributed by atoms with Gasteiger partial charge in [-0.15, -0.1) is 0 Å². The van der Waals surface area contributed by atoms with Crippen LogP contribution in [0.3, 0.4) is 0 Å². The third kappa shape index (κ3) is 4.61. The number of carbonyl (C=O) groups excluding carboxylic acids is 1. The molecule has 0 saturated carbocycles. The summed E-state index contributed by atoms with van der Waals surface area (Å²) in [6.07, 6.45) is 4.22. The number of aryl methyl sites for hydroxylation is 2. The number of carbonyl (C=O) groups is 1. The van der Waals surface area contributed by atoms with Crippen LogP contribution in [0.2, 0.25) is 0 Å². The summed E-state index contributed by atoms with van der Waals surface area (Å²) in [6, 6.07) is 13.8. The van der Waals surface area contributed by atoms with E-state index in [9.17, 15) is 4.79 Å². The lowest BCUT2D eigenvalue weighted by Crippen LogP contribution is -2.17. The van der Waals surface area contributed by atoms with Gasteiger partial charge in [-0.3, -0.25) is 15.1 Å². The summed E-state index contributed by atoms with van der Waals surface area (Å²) >= 11 is 0. The molecule has 5 nitrogen and oxygen atoms in total. The number of aromatic nitrogens is 3. The molecular weight excluding hydrogens is 336 g/mol. The van der Waals surface area contributed by atoms with Crippen LogP contribution in [0.5, 0.6) is 0 Å². The molecule has 1 amide bonds. The van der Waals surface area contributed by atoms with E-state index >= 15 is 0 Å². The van der Waals surface area contributed by atoms with Gasteiger partial charge in [-0.1, -0.05) is 44.5 Å². The largest absolute Gasteiger partial charge is 0.310 e. The summed E-state index contributed by atoms with van der Waals surface area (Å²) in [5.41, 5.74) is 3.86. The van der Waals surface area contributed by atoms with E-state index in [1.807, 2.05) is 54.0 Å². The number of anilines is 1. The second-order valence-electron chi connectivity index (χ2n) is 7.71. The Kier molecular flexibility index (Phi) is 5.40. The Morgan fingerprint density at radius 3 is 2.59 bits per heavy atom. The molecule has 2 heterocycles. The summed E-state index contributed by atoms with van der Waals surface area (Å²) in [4.78, 5) is 21.5. The number of fused-ring (bicyclic) bond motifs is 1. The molecule has 0 radical (unpaired) electrons. The molecular formula is C22H26N4O. The van der Waals surface area contributed by atoms with Gasteiger partial charge in [0.15, 0.2) is 0 Å². The highest BCUT2D eigenvalue weighted by molar-refractivity contribution is 5.99. The van der Waals surface area contributed by atoms with Gasteiger partial charge in [-0.05, 0) is 36.6 Å². The predicted molar refractivity (Wildman–Crippen MR) is 110 cm³/mol. The van der Waals surface area contributed by atoms with Gasteiger partial charge in [0.25, 0.3) is 5.91 Å². The van der Waals surface area contributed by atoms with Gasteiger partial charge in [0, 0.05) is 30.9 Å². The molecule has 0 aliphatic heterocycles. The van der Waals surface area contributed by atoms with E-state index in [0.29, 0.717) is 12.5 Å². The number of allylic oxidation sites excluding steroid dienone is 1. The van der Waals surface area contributed by atoms with Crippen LogP contribution >= 0.6 is 0 Å². The number of hydrogen-bond donors (Lipinski definition) is 1. The van der Waals surface area contributed by atoms with Crippen LogP contribution in [0, 0.1) is 5.41 Å². The lowest BCUT2D eigenvalue weighted by Gasteiger charge is -2.19. The fraction of sp³-hybridized carbons (Fsp3) is 0.318. The van der Waals surface area contributed by atoms with Gasteiger partial charge in [-0.25, -0.2) is 4.98 Å². The molecule has 0 bridgehead atoms. The van der Waals surface area contributed by atoms with Crippen molar-refractivity contribution in [2.24, 2.45) is 5.41 Å². The van der Waals surface area contributed by atoms with Crippen LogP contribution < -0.4 is 5.32 Å². The molecule has 2 aromatic heterocycles. The molecule has 5 heteroatoms. The van der Waals surface area contributed by atoms with Crippen LogP contribution in [0.4, 0.5) is 5.95 Å². The van der Waals surface area contributed by atoms with E-state index in [1.165, 1.54) is 0 Å². The maximum absolute atomic E-state index is 12.5. The molecule has 0 aliphatic rings. The minimum atomic E-state index is -0.156. The van der Waals surface area contributed by atoms with Crippen LogP contribution in [0.15, 0.2) is 60.3 Å². The Morgan fingerprint density at radius 2 is 1.89 bits per heavy atom. The molecule has 1 N–H and O–H groups in total. The number of amides is 1. The number of nitrogens with one attached hydrogen (secondary N) is 1. The Morgan fingerprint density at radius 1 is 1.15 bits per heavy atom. The minimum Gasteiger partial charge on any atom is -0.310 e. The predicted octanol–water partition coefficient (Wildman–Crippen LogP) is 4.60. The lowest BCUT2D eigenvalue weighted by atomic mass is 9.87. The maximum Gasteiger partial charge on any atom is 0.250 e. The van der Waals surface area contributed by atoms with Gasteiger partial charge >= 0.3 is 0 Å². The van der Waals surface area contributed by atoms with E-state index in [-0.39, 0.29) is 11.3 Å². The van der Waals surface area contributed by atoms with Crippen molar-refractivity contribution in [2.75, 3.05) is 5.32 Å². The van der Waals surface area contributed by atoms with Crippen molar-refractivity contribution in [3.05, 3.63) is 66.0 Å². The van der Waals surface area contributed by atoms with Crippen molar-refractivity contribution >= 4 is 22.9 Å². The first-order chi connectivity index (χ1) is 12.8. The van der Waals surface area contributed by atoms with Crippen LogP contribution in [-0.4, -0.2) is 20.4 Å². The first-order valence-electron chi connectivity index (χ1n) is 9.19. The van der Waals surface area contributed by atoms with Crippen molar-refractivity contribution < 1.29 is 4.79 Å². The third-order valence-corrected chi connectivity index (χ3v) is 4.74. The first-order valence-corrected chi connectivity index (χ1v) is 9.19. The second-order valence-corrected chi connectivity index (χ2v) is 7.71. The van der Waals surface area contributed by atoms with Crippen LogP contribution in [-0.2, 0) is 17.8 Å². The first kappa shape index (κ1) is 18.8. The number of benzene rings is 1. The number of rotatable bonds is 5. The molecule has 0 aliphatic carbocycles. The third-order valence-electron chi connectivity index (χ3n) is 4.74. The van der Waals surface area contributed by atoms with Crippen molar-refractivity contribution in [1.82, 2.24) is 14.5 Å². The number of imidazole rings is 1. The molecule has 0 saturated heterocycles. The molecule has 140 valence electrons. The minimum absolute atomic E-state index is 0.0452. The summed E-state index contributed by atoms with van der Waals surface area (Å²) in [6.45, 7) is 8.94. The highest BCUT2D eigenvalue weighted by atomic mass is 16.1. The summed E-state index contributed by atoms with van der Waals surface area (Å²) in [5.74, 6) is 0.409. The van der Waals surface area contributed by atoms with E-state index in [0.717, 1.165) is 28.7 Å². The van der Waals surface area contributed by atoms with Gasteiger partial charge in [0.05, 0.1) is 11.0 Å². The smallest absolute Gasteiger partial charge is 0.250 e. The highest BCUT2D eigenvalue weighted by Crippen LogP contribution is 2.25. The quantitative estimate of drug-likeness (QED) is 0.675. The van der Waals surface area contributed by atoms with Gasteiger partial charge in [0.1, 0.15) is 0 Å². The fourth-order valence-electron chi connectivity index (χ4n) is 2.73.